The number of hydrogen-bond acceptors (Lipinski definition) is 6. The van der Waals surface area contributed by atoms with E-state index in [9.17, 15) is 14.4 Å². The number of esters is 1. The zero-order chi connectivity index (χ0) is 18.1. The minimum Gasteiger partial charge on any atom is -0.464 e. The van der Waals surface area contributed by atoms with Crippen LogP contribution in [0, 0.1) is 6.92 Å². The molecule has 1 aliphatic heterocycles. The topological polar surface area (TPSA) is 81.5 Å². The summed E-state index contributed by atoms with van der Waals surface area (Å²) in [4.78, 5) is 43.2. The van der Waals surface area contributed by atoms with Gasteiger partial charge < -0.3 is 14.2 Å². The number of nitrogens with zero attached hydrogens (tertiary/aromatic N) is 3. The van der Waals surface area contributed by atoms with E-state index in [1.807, 2.05) is 12.3 Å². The van der Waals surface area contributed by atoms with Crippen molar-refractivity contribution in [1.29, 1.82) is 0 Å². The molecule has 3 heterocycles. The number of carbonyl (C=O) groups is 2. The Kier molecular flexibility index (Phi) is 4.71. The van der Waals surface area contributed by atoms with Gasteiger partial charge in [-0.15, -0.1) is 11.3 Å². The van der Waals surface area contributed by atoms with Gasteiger partial charge in [-0.05, 0) is 25.8 Å². The van der Waals surface area contributed by atoms with E-state index in [0.717, 1.165) is 23.5 Å². The lowest BCUT2D eigenvalue weighted by Crippen LogP contribution is -2.33. The van der Waals surface area contributed by atoms with Gasteiger partial charge in [0.25, 0.3) is 11.5 Å². The summed E-state index contributed by atoms with van der Waals surface area (Å²) in [6.07, 6.45) is 1.72. The molecule has 1 atom stereocenters. The molecule has 1 fully saturated rings. The molecule has 0 N–H and O–H groups in total. The fourth-order valence-electron chi connectivity index (χ4n) is 3.02. The molecule has 2 aromatic rings. The van der Waals surface area contributed by atoms with Crippen LogP contribution in [0.5, 0.6) is 0 Å². The zero-order valence-electron chi connectivity index (χ0n) is 14.3. The number of aryl methyl sites for hydroxylation is 1. The molecule has 0 unspecified atom stereocenters. The number of likely N-dealkylation sites (tertiary alicyclic amines) is 1. The maximum Gasteiger partial charge on any atom is 0.354 e. The van der Waals surface area contributed by atoms with Gasteiger partial charge in [0, 0.05) is 36.3 Å². The predicted molar refractivity (Wildman–Crippen MR) is 92.9 cm³/mol. The fraction of sp³-hybridized carbons (Fsp3) is 0.412. The second kappa shape index (κ2) is 6.79. The standard InChI is InChI=1S/C17H19N3O4S/c1-10-9-25-15(18-10)12-5-4-6-20(12)16(22)11-7-13(17(23)24-3)19(2)14(21)8-11/h7-9,12H,4-6H2,1-3H3/t12-/m1/s1. The Morgan fingerprint density at radius 2 is 2.12 bits per heavy atom. The molecule has 1 saturated heterocycles. The van der Waals surface area contributed by atoms with E-state index in [2.05, 4.69) is 4.98 Å². The highest BCUT2D eigenvalue weighted by atomic mass is 32.1. The van der Waals surface area contributed by atoms with Crippen molar-refractivity contribution >= 4 is 23.2 Å². The highest BCUT2D eigenvalue weighted by Gasteiger charge is 2.33. The van der Waals surface area contributed by atoms with E-state index in [0.29, 0.717) is 6.54 Å². The number of carbonyl (C=O) groups excluding carboxylic acids is 2. The number of pyridine rings is 1. The number of rotatable bonds is 3. The van der Waals surface area contributed by atoms with Crippen molar-refractivity contribution in [2.24, 2.45) is 7.05 Å². The highest BCUT2D eigenvalue weighted by molar-refractivity contribution is 7.09. The van der Waals surface area contributed by atoms with Gasteiger partial charge in [0.1, 0.15) is 10.7 Å². The quantitative estimate of drug-likeness (QED) is 0.780. The Morgan fingerprint density at radius 1 is 1.36 bits per heavy atom. The first-order valence-corrected chi connectivity index (χ1v) is 8.82. The van der Waals surface area contributed by atoms with Gasteiger partial charge >= 0.3 is 5.97 Å². The van der Waals surface area contributed by atoms with E-state index in [-0.39, 0.29) is 23.2 Å². The largest absolute Gasteiger partial charge is 0.464 e. The molecule has 0 spiro atoms. The van der Waals surface area contributed by atoms with Crippen molar-refractivity contribution in [2.45, 2.75) is 25.8 Å². The van der Waals surface area contributed by atoms with Crippen LogP contribution in [0.4, 0.5) is 0 Å². The third-order valence-electron chi connectivity index (χ3n) is 4.34. The van der Waals surface area contributed by atoms with Crippen molar-refractivity contribution in [3.05, 3.63) is 49.8 Å². The average Bonchev–Trinajstić information content (AvgIpc) is 3.24. The maximum atomic E-state index is 13.0. The first-order valence-electron chi connectivity index (χ1n) is 7.94. The van der Waals surface area contributed by atoms with Crippen LogP contribution in [0.2, 0.25) is 0 Å². The van der Waals surface area contributed by atoms with Gasteiger partial charge in [-0.2, -0.15) is 0 Å². The lowest BCUT2D eigenvalue weighted by atomic mass is 10.1. The summed E-state index contributed by atoms with van der Waals surface area (Å²) < 4.78 is 5.87. The molecule has 3 rings (SSSR count). The number of methoxy groups -OCH3 is 1. The normalized spacial score (nSPS) is 16.9. The summed E-state index contributed by atoms with van der Waals surface area (Å²) in [6.45, 7) is 2.52. The summed E-state index contributed by atoms with van der Waals surface area (Å²) in [5, 5.41) is 2.87. The van der Waals surface area contributed by atoms with E-state index >= 15 is 0 Å². The summed E-state index contributed by atoms with van der Waals surface area (Å²) in [5.74, 6) is -0.916. The van der Waals surface area contributed by atoms with Crippen molar-refractivity contribution in [1.82, 2.24) is 14.5 Å². The molecular weight excluding hydrogens is 342 g/mol. The van der Waals surface area contributed by atoms with Gasteiger partial charge in [-0.3, -0.25) is 9.59 Å². The van der Waals surface area contributed by atoms with Crippen molar-refractivity contribution in [3.63, 3.8) is 0 Å². The first-order chi connectivity index (χ1) is 11.9. The van der Waals surface area contributed by atoms with Crippen LogP contribution in [-0.4, -0.2) is 40.0 Å². The molecule has 7 nitrogen and oxygen atoms in total. The molecule has 2 aromatic heterocycles. The minimum absolute atomic E-state index is 0.0548. The number of aromatic nitrogens is 2. The smallest absolute Gasteiger partial charge is 0.354 e. The van der Waals surface area contributed by atoms with Crippen LogP contribution in [0.3, 0.4) is 0 Å². The van der Waals surface area contributed by atoms with E-state index in [1.54, 1.807) is 4.90 Å². The summed E-state index contributed by atoms with van der Waals surface area (Å²) in [5.41, 5.74) is 0.760. The summed E-state index contributed by atoms with van der Waals surface area (Å²) in [6, 6.07) is 2.59. The average molecular weight is 361 g/mol. The number of amides is 1. The van der Waals surface area contributed by atoms with Gasteiger partial charge in [-0.1, -0.05) is 0 Å². The Bertz CT molecular complexity index is 886. The molecular formula is C17H19N3O4S. The molecule has 8 heteroatoms. The summed E-state index contributed by atoms with van der Waals surface area (Å²) in [7, 11) is 2.71. The fourth-order valence-corrected chi connectivity index (χ4v) is 3.96. The van der Waals surface area contributed by atoms with Crippen LogP contribution in [0.25, 0.3) is 0 Å². The third kappa shape index (κ3) is 3.21. The zero-order valence-corrected chi connectivity index (χ0v) is 15.1. The third-order valence-corrected chi connectivity index (χ3v) is 5.40. The van der Waals surface area contributed by atoms with Crippen LogP contribution in [-0.2, 0) is 11.8 Å². The monoisotopic (exact) mass is 361 g/mol. The van der Waals surface area contributed by atoms with Crippen LogP contribution in [0.15, 0.2) is 22.3 Å². The molecule has 0 radical (unpaired) electrons. The van der Waals surface area contributed by atoms with E-state index in [1.165, 1.54) is 42.2 Å². The molecule has 0 saturated carbocycles. The maximum absolute atomic E-state index is 13.0. The van der Waals surface area contributed by atoms with Crippen molar-refractivity contribution in [3.8, 4) is 0 Å². The predicted octanol–water partition coefficient (Wildman–Crippen LogP) is 1.91. The minimum atomic E-state index is -0.650. The molecule has 1 amide bonds. The lowest BCUT2D eigenvalue weighted by molar-refractivity contribution is 0.0588. The van der Waals surface area contributed by atoms with Gasteiger partial charge in [0.2, 0.25) is 0 Å². The number of thiazole rings is 1. The van der Waals surface area contributed by atoms with Gasteiger partial charge in [0.15, 0.2) is 0 Å². The van der Waals surface area contributed by atoms with E-state index < -0.39 is 11.5 Å². The number of ether oxygens (including phenoxy) is 1. The Labute approximate surface area is 148 Å². The Morgan fingerprint density at radius 3 is 2.76 bits per heavy atom. The molecule has 0 aliphatic carbocycles. The second-order valence-corrected chi connectivity index (χ2v) is 6.89. The Balaban J connectivity index is 1.96. The van der Waals surface area contributed by atoms with E-state index in [4.69, 9.17) is 4.74 Å². The molecule has 0 bridgehead atoms. The molecule has 25 heavy (non-hydrogen) atoms. The van der Waals surface area contributed by atoms with Crippen molar-refractivity contribution in [2.75, 3.05) is 13.7 Å². The number of hydrogen-bond donors (Lipinski definition) is 0. The van der Waals surface area contributed by atoms with Gasteiger partial charge in [0.05, 0.1) is 13.2 Å². The lowest BCUT2D eigenvalue weighted by Gasteiger charge is -2.23. The van der Waals surface area contributed by atoms with Gasteiger partial charge in [-0.25, -0.2) is 9.78 Å². The van der Waals surface area contributed by atoms with Crippen molar-refractivity contribution < 1.29 is 14.3 Å². The first kappa shape index (κ1) is 17.3. The highest BCUT2D eigenvalue weighted by Crippen LogP contribution is 2.34. The van der Waals surface area contributed by atoms with Crippen LogP contribution in [0.1, 0.15) is 50.4 Å². The SMILES string of the molecule is COC(=O)c1cc(C(=O)N2CCC[C@@H]2c2nc(C)cs2)cc(=O)n1C. The molecule has 0 aromatic carbocycles. The summed E-state index contributed by atoms with van der Waals surface area (Å²) >= 11 is 1.54. The van der Waals surface area contributed by atoms with Crippen LogP contribution < -0.4 is 5.56 Å². The Hall–Kier alpha value is -2.48. The van der Waals surface area contributed by atoms with Crippen LogP contribution >= 0.6 is 11.3 Å². The second-order valence-electron chi connectivity index (χ2n) is 6.00. The molecule has 1 aliphatic rings. The molecule has 132 valence electrons.